The molecule has 2 heterocycles. The number of hydrogen-bond acceptors (Lipinski definition) is 5. The summed E-state index contributed by atoms with van der Waals surface area (Å²) in [5.41, 5.74) is 8.21. The van der Waals surface area contributed by atoms with E-state index < -0.39 is 0 Å². The Kier molecular flexibility index (Phi) is 7.04. The maximum absolute atomic E-state index is 9.51. The number of benzene rings is 1. The molecule has 0 radical (unpaired) electrons. The molecule has 3 rings (SSSR count). The maximum Gasteiger partial charge on any atom is 0.191 e. The highest BCUT2D eigenvalue weighted by atomic mass is 32.2. The van der Waals surface area contributed by atoms with Crippen molar-refractivity contribution in [1.29, 1.82) is 5.26 Å². The van der Waals surface area contributed by atoms with E-state index in [-0.39, 0.29) is 0 Å². The lowest BCUT2D eigenvalue weighted by atomic mass is 10.1. The average molecular weight is 412 g/mol. The molecule has 154 valence electrons. The first-order valence-corrected chi connectivity index (χ1v) is 11.0. The Bertz CT molecular complexity index is 876. The summed E-state index contributed by atoms with van der Waals surface area (Å²) in [5, 5.41) is 20.9. The second-order valence-corrected chi connectivity index (χ2v) is 9.11. The Morgan fingerprint density at radius 3 is 2.83 bits per heavy atom. The molecule has 7 nitrogen and oxygen atoms in total. The number of anilines is 1. The molecule has 1 saturated heterocycles. The van der Waals surface area contributed by atoms with Gasteiger partial charge in [-0.3, -0.25) is 4.99 Å². The molecule has 1 atom stereocenters. The van der Waals surface area contributed by atoms with Gasteiger partial charge in [-0.1, -0.05) is 18.2 Å². The highest BCUT2D eigenvalue weighted by molar-refractivity contribution is 8.00. The molecule has 1 aliphatic heterocycles. The Labute approximate surface area is 176 Å². The third kappa shape index (κ3) is 5.24. The van der Waals surface area contributed by atoms with Crippen molar-refractivity contribution in [3.8, 4) is 11.8 Å². The normalized spacial score (nSPS) is 19.1. The molecule has 1 aliphatic rings. The number of thioether (sulfide) groups is 1. The van der Waals surface area contributed by atoms with Crippen LogP contribution in [0.25, 0.3) is 5.69 Å². The minimum atomic E-state index is 0.293. The van der Waals surface area contributed by atoms with Gasteiger partial charge < -0.3 is 16.4 Å². The first kappa shape index (κ1) is 21.1. The molecule has 2 aromatic rings. The number of para-hydroxylation sites is 1. The van der Waals surface area contributed by atoms with E-state index in [0.717, 1.165) is 36.9 Å². The topological polar surface area (TPSA) is 104 Å². The summed E-state index contributed by atoms with van der Waals surface area (Å²) in [6.07, 6.45) is 4.02. The Morgan fingerprint density at radius 2 is 2.17 bits per heavy atom. The van der Waals surface area contributed by atoms with Crippen LogP contribution >= 0.6 is 11.8 Å². The monoisotopic (exact) mass is 411 g/mol. The van der Waals surface area contributed by atoms with Crippen molar-refractivity contribution in [3.05, 3.63) is 41.6 Å². The number of hydrogen-bond donors (Lipinski definition) is 3. The van der Waals surface area contributed by atoms with E-state index >= 15 is 0 Å². The smallest absolute Gasteiger partial charge is 0.191 e. The van der Waals surface area contributed by atoms with Crippen LogP contribution in [0.1, 0.15) is 37.4 Å². The number of nitriles is 1. The number of aromatic nitrogens is 2. The number of aliphatic imine (C=N–C) groups is 1. The highest BCUT2D eigenvalue weighted by Crippen LogP contribution is 2.36. The van der Waals surface area contributed by atoms with Gasteiger partial charge in [0.05, 0.1) is 11.4 Å². The fraction of sp³-hybridized carbons (Fsp3) is 0.476. The molecule has 1 aromatic heterocycles. The lowest BCUT2D eigenvalue weighted by Crippen LogP contribution is -2.43. The van der Waals surface area contributed by atoms with E-state index in [1.807, 2.05) is 42.1 Å². The fourth-order valence-corrected chi connectivity index (χ4v) is 4.72. The first-order valence-electron chi connectivity index (χ1n) is 9.98. The zero-order chi connectivity index (χ0) is 20.7. The number of guanidine groups is 1. The van der Waals surface area contributed by atoms with Crippen molar-refractivity contribution in [3.63, 3.8) is 0 Å². The van der Waals surface area contributed by atoms with Crippen molar-refractivity contribution >= 4 is 23.5 Å². The summed E-state index contributed by atoms with van der Waals surface area (Å²) in [6, 6.07) is 11.8. The van der Waals surface area contributed by atoms with Gasteiger partial charge >= 0.3 is 0 Å². The fourth-order valence-electron chi connectivity index (χ4n) is 3.47. The van der Waals surface area contributed by atoms with Crippen LogP contribution in [0.4, 0.5) is 5.82 Å². The number of nitrogens with zero attached hydrogens (tertiary/aromatic N) is 4. The van der Waals surface area contributed by atoms with E-state index in [1.165, 1.54) is 18.6 Å². The molecule has 1 unspecified atom stereocenters. The Morgan fingerprint density at radius 1 is 1.38 bits per heavy atom. The second-order valence-electron chi connectivity index (χ2n) is 7.42. The summed E-state index contributed by atoms with van der Waals surface area (Å²) in [7, 11) is 1.79. The first-order chi connectivity index (χ1) is 14.1. The minimum absolute atomic E-state index is 0.293. The van der Waals surface area contributed by atoms with Crippen LogP contribution in [0, 0.1) is 11.3 Å². The number of aryl methyl sites for hydroxylation is 1. The van der Waals surface area contributed by atoms with Crippen LogP contribution < -0.4 is 16.4 Å². The van der Waals surface area contributed by atoms with E-state index in [0.29, 0.717) is 22.5 Å². The number of nitrogen functional groups attached to an aromatic ring is 1. The summed E-state index contributed by atoms with van der Waals surface area (Å²) in [4.78, 5) is 4.31. The van der Waals surface area contributed by atoms with Crippen LogP contribution in [0.2, 0.25) is 0 Å². The Balaban J connectivity index is 1.53. The molecule has 0 aliphatic carbocycles. The summed E-state index contributed by atoms with van der Waals surface area (Å²) in [6.45, 7) is 3.96. The van der Waals surface area contributed by atoms with Crippen LogP contribution in [0.3, 0.4) is 0 Å². The van der Waals surface area contributed by atoms with Crippen molar-refractivity contribution < 1.29 is 0 Å². The maximum atomic E-state index is 9.51. The summed E-state index contributed by atoms with van der Waals surface area (Å²) >= 11 is 2.03. The molecule has 0 saturated carbocycles. The van der Waals surface area contributed by atoms with Crippen molar-refractivity contribution in [2.24, 2.45) is 4.99 Å². The van der Waals surface area contributed by atoms with Crippen LogP contribution in [-0.2, 0) is 6.42 Å². The Hall–Kier alpha value is -2.66. The van der Waals surface area contributed by atoms with E-state index in [4.69, 9.17) is 5.73 Å². The van der Waals surface area contributed by atoms with Crippen molar-refractivity contribution in [2.75, 3.05) is 31.6 Å². The van der Waals surface area contributed by atoms with Gasteiger partial charge in [0.25, 0.3) is 0 Å². The largest absolute Gasteiger partial charge is 0.382 e. The molecule has 29 heavy (non-hydrogen) atoms. The van der Waals surface area contributed by atoms with Gasteiger partial charge in [0, 0.05) is 24.9 Å². The predicted octanol–water partition coefficient (Wildman–Crippen LogP) is 2.71. The third-order valence-electron chi connectivity index (χ3n) is 5.14. The number of nitrogens with two attached hydrogens (primary N) is 1. The quantitative estimate of drug-likeness (QED) is 0.368. The zero-order valence-electron chi connectivity index (χ0n) is 17.1. The number of nitrogens with one attached hydrogen (secondary N) is 2. The van der Waals surface area contributed by atoms with Gasteiger partial charge in [-0.2, -0.15) is 22.1 Å². The molecule has 0 amide bonds. The number of rotatable bonds is 7. The second kappa shape index (κ2) is 9.70. The van der Waals surface area contributed by atoms with Gasteiger partial charge in [-0.15, -0.1) is 0 Å². The standard InChI is InChI=1S/C21H29N7S/c1-21(11-7-13-29-21)15-26-20(24-2)25-12-6-10-18-17(14-22)19(23)28(27-18)16-8-4-3-5-9-16/h3-5,8-9H,6-7,10-13,15,23H2,1-2H3,(H2,24,25,26). The summed E-state index contributed by atoms with van der Waals surface area (Å²) < 4.78 is 1.93. The van der Waals surface area contributed by atoms with Crippen LogP contribution in [-0.4, -0.2) is 46.4 Å². The predicted molar refractivity (Wildman–Crippen MR) is 120 cm³/mol. The molecular weight excluding hydrogens is 382 g/mol. The van der Waals surface area contributed by atoms with E-state index in [9.17, 15) is 5.26 Å². The molecule has 1 fully saturated rings. The average Bonchev–Trinajstić information content (AvgIpc) is 3.31. The van der Waals surface area contributed by atoms with Crippen molar-refractivity contribution in [1.82, 2.24) is 20.4 Å². The van der Waals surface area contributed by atoms with Gasteiger partial charge in [0.2, 0.25) is 0 Å². The van der Waals surface area contributed by atoms with Crippen LogP contribution in [0.5, 0.6) is 0 Å². The molecule has 0 spiro atoms. The molecule has 1 aromatic carbocycles. The lowest BCUT2D eigenvalue weighted by Gasteiger charge is -2.24. The lowest BCUT2D eigenvalue weighted by molar-refractivity contribution is 0.583. The molecule has 8 heteroatoms. The van der Waals surface area contributed by atoms with Crippen LogP contribution in [0.15, 0.2) is 35.3 Å². The van der Waals surface area contributed by atoms with Gasteiger partial charge in [0.1, 0.15) is 17.5 Å². The molecular formula is C21H29N7S. The van der Waals surface area contributed by atoms with Gasteiger partial charge in [0.15, 0.2) is 5.96 Å². The minimum Gasteiger partial charge on any atom is -0.382 e. The molecule has 4 N–H and O–H groups in total. The summed E-state index contributed by atoms with van der Waals surface area (Å²) in [5.74, 6) is 2.44. The molecule has 0 bridgehead atoms. The van der Waals surface area contributed by atoms with Gasteiger partial charge in [-0.25, -0.2) is 4.68 Å². The highest BCUT2D eigenvalue weighted by Gasteiger charge is 2.29. The van der Waals surface area contributed by atoms with E-state index in [1.54, 1.807) is 11.7 Å². The zero-order valence-corrected chi connectivity index (χ0v) is 17.9. The SMILES string of the molecule is CN=C(NCCCc1nn(-c2ccccc2)c(N)c1C#N)NCC1(C)CCCS1. The van der Waals surface area contributed by atoms with Crippen molar-refractivity contribution in [2.45, 2.75) is 37.4 Å². The third-order valence-corrected chi connectivity index (χ3v) is 6.68. The van der Waals surface area contributed by atoms with E-state index in [2.05, 4.69) is 33.7 Å². The van der Waals surface area contributed by atoms with Gasteiger partial charge in [-0.05, 0) is 50.5 Å².